The van der Waals surface area contributed by atoms with Gasteiger partial charge in [0.05, 0.1) is 6.20 Å². The molecule has 0 aliphatic heterocycles. The number of hydrogen-bond donors (Lipinski definition) is 1. The van der Waals surface area contributed by atoms with Crippen LogP contribution < -0.4 is 0 Å². The van der Waals surface area contributed by atoms with Gasteiger partial charge in [0.2, 0.25) is 0 Å². The van der Waals surface area contributed by atoms with Gasteiger partial charge in [-0.15, -0.1) is 0 Å². The van der Waals surface area contributed by atoms with Crippen molar-refractivity contribution in [2.45, 2.75) is 6.92 Å². The van der Waals surface area contributed by atoms with Crippen LogP contribution in [0.4, 0.5) is 0 Å². The monoisotopic (exact) mass is 281 g/mol. The van der Waals surface area contributed by atoms with Crippen molar-refractivity contribution >= 4 is 21.9 Å². The van der Waals surface area contributed by atoms with Crippen LogP contribution in [0.25, 0.3) is 11.3 Å². The fourth-order valence-electron chi connectivity index (χ4n) is 1.44. The zero-order valence-corrected chi connectivity index (χ0v) is 9.98. The molecule has 0 aliphatic carbocycles. The van der Waals surface area contributed by atoms with Crippen LogP contribution in [0.5, 0.6) is 0 Å². The van der Waals surface area contributed by atoms with Gasteiger partial charge in [-0.2, -0.15) is 0 Å². The lowest BCUT2D eigenvalue weighted by Crippen LogP contribution is -1.96. The van der Waals surface area contributed by atoms with E-state index in [1.165, 1.54) is 6.20 Å². The highest BCUT2D eigenvalue weighted by molar-refractivity contribution is 9.10. The van der Waals surface area contributed by atoms with Crippen molar-refractivity contribution < 1.29 is 14.4 Å². The molecule has 0 saturated carbocycles. The molecule has 0 spiro atoms. The summed E-state index contributed by atoms with van der Waals surface area (Å²) in [4.78, 5) is 10.9. The number of carbonyl (C=O) groups is 1. The highest BCUT2D eigenvalue weighted by atomic mass is 79.9. The van der Waals surface area contributed by atoms with Crippen LogP contribution in [0.1, 0.15) is 15.9 Å². The second-order valence-corrected chi connectivity index (χ2v) is 4.14. The molecule has 1 heterocycles. The molecule has 0 saturated heterocycles. The van der Waals surface area contributed by atoms with Crippen molar-refractivity contribution in [3.8, 4) is 11.3 Å². The van der Waals surface area contributed by atoms with Gasteiger partial charge in [-0.25, -0.2) is 4.79 Å². The number of benzene rings is 1. The molecule has 2 rings (SSSR count). The minimum atomic E-state index is -1.05. The maximum atomic E-state index is 10.9. The summed E-state index contributed by atoms with van der Waals surface area (Å²) in [5, 5.41) is 12.5. The Bertz CT molecular complexity index is 548. The van der Waals surface area contributed by atoms with Gasteiger partial charge in [-0.1, -0.05) is 33.2 Å². The Kier molecular flexibility index (Phi) is 2.78. The number of nitrogens with zero attached hydrogens (tertiary/aromatic N) is 1. The van der Waals surface area contributed by atoms with Crippen molar-refractivity contribution in [1.29, 1.82) is 0 Å². The molecule has 0 unspecified atom stereocenters. The maximum Gasteiger partial charge on any atom is 0.341 e. The van der Waals surface area contributed by atoms with Crippen molar-refractivity contribution in [3.63, 3.8) is 0 Å². The van der Waals surface area contributed by atoms with Crippen LogP contribution in [0.2, 0.25) is 0 Å². The predicted octanol–water partition coefficient (Wildman–Crippen LogP) is 3.11. The summed E-state index contributed by atoms with van der Waals surface area (Å²) in [6, 6.07) is 5.50. The fraction of sp³-hybridized carbons (Fsp3) is 0.0909. The lowest BCUT2D eigenvalue weighted by atomic mass is 10.0. The Balaban J connectivity index is 2.63. The molecule has 1 N–H and O–H groups in total. The highest BCUT2D eigenvalue weighted by Gasteiger charge is 2.18. The fourth-order valence-corrected chi connectivity index (χ4v) is 1.81. The Morgan fingerprint density at radius 2 is 2.25 bits per heavy atom. The summed E-state index contributed by atoms with van der Waals surface area (Å²) in [5.74, 6) is -0.762. The van der Waals surface area contributed by atoms with E-state index in [1.54, 1.807) is 6.07 Å². The maximum absolute atomic E-state index is 10.9. The first-order valence-electron chi connectivity index (χ1n) is 4.54. The third-order valence-electron chi connectivity index (χ3n) is 2.31. The summed E-state index contributed by atoms with van der Waals surface area (Å²) in [6.45, 7) is 1.88. The number of aromatic carboxylic acids is 1. The van der Waals surface area contributed by atoms with Crippen molar-refractivity contribution in [2.24, 2.45) is 0 Å². The SMILES string of the molecule is Cc1c(Br)cccc1-c1oncc1C(=O)O. The van der Waals surface area contributed by atoms with Crippen LogP contribution in [0, 0.1) is 6.92 Å². The standard InChI is InChI=1S/C11H8BrNO3/c1-6-7(3-2-4-9(6)12)10-8(11(14)15)5-13-16-10/h2-5H,1H3,(H,14,15). The topological polar surface area (TPSA) is 63.3 Å². The zero-order valence-electron chi connectivity index (χ0n) is 8.40. The Morgan fingerprint density at radius 1 is 1.50 bits per heavy atom. The van der Waals surface area contributed by atoms with Gasteiger partial charge in [0.1, 0.15) is 5.56 Å². The first-order valence-corrected chi connectivity index (χ1v) is 5.34. The number of rotatable bonds is 2. The molecule has 2 aromatic rings. The second-order valence-electron chi connectivity index (χ2n) is 3.29. The van der Waals surface area contributed by atoms with E-state index in [2.05, 4.69) is 21.1 Å². The van der Waals surface area contributed by atoms with Crippen LogP contribution in [-0.4, -0.2) is 16.2 Å². The molecule has 82 valence electrons. The van der Waals surface area contributed by atoms with E-state index in [0.29, 0.717) is 0 Å². The number of carboxylic acid groups (broad SMARTS) is 1. The molecule has 4 nitrogen and oxygen atoms in total. The van der Waals surface area contributed by atoms with Crippen molar-refractivity contribution in [2.75, 3.05) is 0 Å². The molecule has 1 aromatic carbocycles. The van der Waals surface area contributed by atoms with Crippen LogP contribution in [-0.2, 0) is 0 Å². The van der Waals surface area contributed by atoms with Crippen molar-refractivity contribution in [3.05, 3.63) is 40.0 Å². The number of hydrogen-bond acceptors (Lipinski definition) is 3. The van der Waals surface area contributed by atoms with E-state index in [4.69, 9.17) is 9.63 Å². The summed E-state index contributed by atoms with van der Waals surface area (Å²) >= 11 is 3.38. The van der Waals surface area contributed by atoms with Crippen LogP contribution in [0.3, 0.4) is 0 Å². The van der Waals surface area contributed by atoms with E-state index in [0.717, 1.165) is 15.6 Å². The third kappa shape index (κ3) is 1.74. The van der Waals surface area contributed by atoms with Crippen molar-refractivity contribution in [1.82, 2.24) is 5.16 Å². The average Bonchev–Trinajstić information content (AvgIpc) is 2.70. The summed E-state index contributed by atoms with van der Waals surface area (Å²) in [6.07, 6.45) is 1.21. The largest absolute Gasteiger partial charge is 0.477 e. The molecule has 0 fully saturated rings. The number of carboxylic acids is 1. The van der Waals surface area contributed by atoms with Gasteiger partial charge >= 0.3 is 5.97 Å². The molecule has 5 heteroatoms. The van der Waals surface area contributed by atoms with Gasteiger partial charge in [0.15, 0.2) is 5.76 Å². The molecular weight excluding hydrogens is 274 g/mol. The van der Waals surface area contributed by atoms with Gasteiger partial charge in [-0.05, 0) is 18.6 Å². The normalized spacial score (nSPS) is 10.4. The zero-order chi connectivity index (χ0) is 11.7. The smallest absolute Gasteiger partial charge is 0.341 e. The molecule has 0 atom stereocenters. The summed E-state index contributed by atoms with van der Waals surface area (Å²) in [5.41, 5.74) is 1.72. The molecule has 1 aromatic heterocycles. The highest BCUT2D eigenvalue weighted by Crippen LogP contribution is 2.30. The van der Waals surface area contributed by atoms with E-state index in [1.807, 2.05) is 19.1 Å². The lowest BCUT2D eigenvalue weighted by molar-refractivity contribution is 0.0697. The molecule has 0 radical (unpaired) electrons. The summed E-state index contributed by atoms with van der Waals surface area (Å²) < 4.78 is 5.90. The Morgan fingerprint density at radius 3 is 2.94 bits per heavy atom. The Labute approximate surface area is 100 Å². The average molecular weight is 282 g/mol. The van der Waals surface area contributed by atoms with E-state index in [-0.39, 0.29) is 11.3 Å². The number of halogens is 1. The summed E-state index contributed by atoms with van der Waals surface area (Å²) in [7, 11) is 0. The minimum absolute atomic E-state index is 0.0706. The van der Waals surface area contributed by atoms with E-state index >= 15 is 0 Å². The molecule has 0 aliphatic rings. The minimum Gasteiger partial charge on any atom is -0.477 e. The van der Waals surface area contributed by atoms with E-state index in [9.17, 15) is 4.79 Å². The first kappa shape index (κ1) is 10.9. The predicted molar refractivity (Wildman–Crippen MR) is 61.3 cm³/mol. The molecule has 0 bridgehead atoms. The van der Waals surface area contributed by atoms with Gasteiger partial charge in [-0.3, -0.25) is 0 Å². The van der Waals surface area contributed by atoms with E-state index < -0.39 is 5.97 Å². The third-order valence-corrected chi connectivity index (χ3v) is 3.17. The van der Waals surface area contributed by atoms with Gasteiger partial charge < -0.3 is 9.63 Å². The lowest BCUT2D eigenvalue weighted by Gasteiger charge is -2.04. The van der Waals surface area contributed by atoms with Gasteiger partial charge in [0.25, 0.3) is 0 Å². The second kappa shape index (κ2) is 4.09. The van der Waals surface area contributed by atoms with Crippen LogP contribution in [0.15, 0.2) is 33.4 Å². The molecule has 16 heavy (non-hydrogen) atoms. The van der Waals surface area contributed by atoms with Crippen LogP contribution >= 0.6 is 15.9 Å². The van der Waals surface area contributed by atoms with Gasteiger partial charge in [0, 0.05) is 10.0 Å². The molecular formula is C11H8BrNO3. The molecule has 0 amide bonds. The first-order chi connectivity index (χ1) is 7.61. The Hall–Kier alpha value is -1.62. The quantitative estimate of drug-likeness (QED) is 0.919. The number of aromatic nitrogens is 1.